The van der Waals surface area contributed by atoms with Crippen molar-refractivity contribution in [1.29, 1.82) is 0 Å². The molecule has 1 unspecified atom stereocenters. The van der Waals surface area contributed by atoms with Crippen molar-refractivity contribution in [3.05, 3.63) is 71.3 Å². The molecule has 1 atom stereocenters. The van der Waals surface area contributed by atoms with Crippen LogP contribution >= 0.6 is 11.8 Å². The molecule has 2 heterocycles. The third-order valence-electron chi connectivity index (χ3n) is 4.23. The number of hydrogen-bond donors (Lipinski definition) is 0. The van der Waals surface area contributed by atoms with Crippen LogP contribution in [0, 0.1) is 5.82 Å². The second kappa shape index (κ2) is 7.67. The van der Waals surface area contributed by atoms with Gasteiger partial charge >= 0.3 is 6.61 Å². The molecule has 0 aliphatic carbocycles. The van der Waals surface area contributed by atoms with Crippen molar-refractivity contribution in [2.45, 2.75) is 30.4 Å². The van der Waals surface area contributed by atoms with Crippen LogP contribution in [0.3, 0.4) is 0 Å². The third kappa shape index (κ3) is 3.75. The van der Waals surface area contributed by atoms with E-state index in [0.717, 1.165) is 11.3 Å². The van der Waals surface area contributed by atoms with E-state index in [2.05, 4.69) is 20.0 Å². The highest BCUT2D eigenvalue weighted by Crippen LogP contribution is 2.31. The average Bonchev–Trinajstić information content (AvgIpc) is 3.05. The van der Waals surface area contributed by atoms with Gasteiger partial charge in [-0.15, -0.1) is 10.2 Å². The number of halogens is 3. The highest BCUT2D eigenvalue weighted by molar-refractivity contribution is 8.00. The molecule has 0 spiro atoms. The van der Waals surface area contributed by atoms with Crippen LogP contribution in [-0.4, -0.2) is 32.4 Å². The fourth-order valence-electron chi connectivity index (χ4n) is 2.89. The molecule has 1 aromatic heterocycles. The topological polar surface area (TPSA) is 52.3 Å². The van der Waals surface area contributed by atoms with Gasteiger partial charge in [-0.3, -0.25) is 0 Å². The van der Waals surface area contributed by atoms with Gasteiger partial charge in [-0.25, -0.2) is 4.39 Å². The largest absolute Gasteiger partial charge is 0.435 e. The highest BCUT2D eigenvalue weighted by atomic mass is 32.2. The second-order valence-corrected chi connectivity index (χ2v) is 7.43. The van der Waals surface area contributed by atoms with E-state index in [1.54, 1.807) is 35.0 Å². The van der Waals surface area contributed by atoms with Gasteiger partial charge in [0.2, 0.25) is 5.16 Å². The van der Waals surface area contributed by atoms with E-state index in [4.69, 9.17) is 0 Å². The Hall–Kier alpha value is -2.81. The number of alkyl halides is 2. The highest BCUT2D eigenvalue weighted by Gasteiger charge is 2.26. The number of ether oxygens (including phenoxy) is 1. The van der Waals surface area contributed by atoms with E-state index in [1.165, 1.54) is 30.0 Å². The fourth-order valence-corrected chi connectivity index (χ4v) is 3.84. The summed E-state index contributed by atoms with van der Waals surface area (Å²) < 4.78 is 44.6. The van der Waals surface area contributed by atoms with Crippen molar-refractivity contribution >= 4 is 17.5 Å². The van der Waals surface area contributed by atoms with Gasteiger partial charge in [0.15, 0.2) is 5.82 Å². The minimum Gasteiger partial charge on any atom is -0.435 e. The molecule has 0 radical (unpaired) electrons. The first kappa shape index (κ1) is 18.5. The first-order valence-corrected chi connectivity index (χ1v) is 9.37. The summed E-state index contributed by atoms with van der Waals surface area (Å²) in [6.07, 6.45) is 0.257. The number of fused-ring (bicyclic) bond motifs is 1. The summed E-state index contributed by atoms with van der Waals surface area (Å²) >= 11 is 1.48. The van der Waals surface area contributed by atoms with Crippen molar-refractivity contribution in [1.82, 2.24) is 14.9 Å². The van der Waals surface area contributed by atoms with Crippen molar-refractivity contribution in [2.24, 2.45) is 5.10 Å². The molecule has 0 N–H and O–H groups in total. The van der Waals surface area contributed by atoms with Crippen LogP contribution < -0.4 is 4.74 Å². The van der Waals surface area contributed by atoms with Crippen LogP contribution in [0.5, 0.6) is 5.75 Å². The summed E-state index contributed by atoms with van der Waals surface area (Å²) in [7, 11) is 0. The second-order valence-electron chi connectivity index (χ2n) is 6.13. The lowest BCUT2D eigenvalue weighted by molar-refractivity contribution is -0.0498. The number of thioether (sulfide) groups is 1. The number of benzene rings is 2. The summed E-state index contributed by atoms with van der Waals surface area (Å²) in [5, 5.41) is 13.6. The Labute approximate surface area is 163 Å². The zero-order valence-electron chi connectivity index (χ0n) is 14.7. The number of aromatic nitrogens is 3. The molecule has 4 rings (SSSR count). The molecule has 0 amide bonds. The number of hydrogen-bond acceptors (Lipinski definition) is 5. The van der Waals surface area contributed by atoms with E-state index in [1.807, 2.05) is 6.92 Å². The summed E-state index contributed by atoms with van der Waals surface area (Å²) in [4.78, 5) is 0. The molecule has 0 saturated heterocycles. The summed E-state index contributed by atoms with van der Waals surface area (Å²) in [6, 6.07) is 12.8. The van der Waals surface area contributed by atoms with Crippen LogP contribution in [0.1, 0.15) is 23.9 Å². The lowest BCUT2D eigenvalue weighted by Gasteiger charge is -2.20. The minimum atomic E-state index is -2.87. The number of nitrogens with zero attached hydrogens (tertiary/aromatic N) is 4. The summed E-state index contributed by atoms with van der Waals surface area (Å²) in [6.45, 7) is -0.894. The molecule has 28 heavy (non-hydrogen) atoms. The van der Waals surface area contributed by atoms with Crippen LogP contribution in [0.4, 0.5) is 13.2 Å². The van der Waals surface area contributed by atoms with Gasteiger partial charge < -0.3 is 4.74 Å². The van der Waals surface area contributed by atoms with E-state index >= 15 is 0 Å². The van der Waals surface area contributed by atoms with Crippen molar-refractivity contribution in [3.8, 4) is 5.75 Å². The predicted octanol–water partition coefficient (Wildman–Crippen LogP) is 4.36. The Morgan fingerprint density at radius 3 is 2.57 bits per heavy atom. The van der Waals surface area contributed by atoms with E-state index in [-0.39, 0.29) is 23.2 Å². The van der Waals surface area contributed by atoms with Crippen LogP contribution in [-0.2, 0) is 6.42 Å². The maximum absolute atomic E-state index is 14.0. The van der Waals surface area contributed by atoms with E-state index in [9.17, 15) is 13.2 Å². The van der Waals surface area contributed by atoms with Gasteiger partial charge in [0.1, 0.15) is 11.6 Å². The first-order valence-electron chi connectivity index (χ1n) is 8.49. The van der Waals surface area contributed by atoms with E-state index in [0.29, 0.717) is 16.5 Å². The van der Waals surface area contributed by atoms with Crippen molar-refractivity contribution < 1.29 is 17.9 Å². The van der Waals surface area contributed by atoms with Gasteiger partial charge in [-0.05, 0) is 48.4 Å². The molecule has 0 fully saturated rings. The SMILES string of the molecule is CC1Sc2nnc(Cc3ccccc3F)n2N=C1c1ccc(OC(F)F)cc1. The zero-order valence-corrected chi connectivity index (χ0v) is 15.5. The van der Waals surface area contributed by atoms with Gasteiger partial charge in [-0.2, -0.15) is 18.6 Å². The average molecular weight is 404 g/mol. The molecule has 1 aliphatic heterocycles. The predicted molar refractivity (Wildman–Crippen MR) is 99.6 cm³/mol. The fraction of sp³-hybridized carbons (Fsp3) is 0.211. The van der Waals surface area contributed by atoms with Crippen LogP contribution in [0.2, 0.25) is 0 Å². The molecule has 0 bridgehead atoms. The molecule has 0 saturated carbocycles. The summed E-state index contributed by atoms with van der Waals surface area (Å²) in [5.74, 6) is 0.297. The molecular weight excluding hydrogens is 389 g/mol. The zero-order chi connectivity index (χ0) is 19.7. The molecule has 144 valence electrons. The lowest BCUT2D eigenvalue weighted by atomic mass is 10.1. The Morgan fingerprint density at radius 2 is 1.86 bits per heavy atom. The standard InChI is InChI=1S/C19H15F3N4OS/c1-11-17(12-6-8-14(9-7-12)27-18(21)22)25-26-16(23-24-19(26)28-11)10-13-4-2-3-5-15(13)20/h2-9,11,18H,10H2,1H3. The molecule has 1 aliphatic rings. The molecular formula is C19H15F3N4OS. The Morgan fingerprint density at radius 1 is 1.11 bits per heavy atom. The van der Waals surface area contributed by atoms with Gasteiger partial charge in [0, 0.05) is 6.42 Å². The smallest absolute Gasteiger partial charge is 0.387 e. The maximum Gasteiger partial charge on any atom is 0.387 e. The minimum absolute atomic E-state index is 0.0140. The Balaban J connectivity index is 1.65. The van der Waals surface area contributed by atoms with Crippen LogP contribution in [0.15, 0.2) is 58.8 Å². The van der Waals surface area contributed by atoms with Crippen molar-refractivity contribution in [2.75, 3.05) is 0 Å². The molecule has 9 heteroatoms. The van der Waals surface area contributed by atoms with Gasteiger partial charge in [0.05, 0.1) is 11.0 Å². The first-order chi connectivity index (χ1) is 13.5. The van der Waals surface area contributed by atoms with Gasteiger partial charge in [-0.1, -0.05) is 30.0 Å². The normalized spacial score (nSPS) is 16.0. The summed E-state index contributed by atoms with van der Waals surface area (Å²) in [5.41, 5.74) is 2.03. The lowest BCUT2D eigenvalue weighted by Crippen LogP contribution is -2.22. The molecule has 5 nitrogen and oxygen atoms in total. The van der Waals surface area contributed by atoms with E-state index < -0.39 is 6.61 Å². The molecule has 2 aromatic carbocycles. The quantitative estimate of drug-likeness (QED) is 0.634. The van der Waals surface area contributed by atoms with Crippen LogP contribution in [0.25, 0.3) is 0 Å². The maximum atomic E-state index is 14.0. The Kier molecular flexibility index (Phi) is 5.08. The molecule has 3 aromatic rings. The third-order valence-corrected chi connectivity index (χ3v) is 5.28. The number of rotatable bonds is 5. The Bertz CT molecular complexity index is 1020. The van der Waals surface area contributed by atoms with Gasteiger partial charge in [0.25, 0.3) is 0 Å². The van der Waals surface area contributed by atoms with Crippen molar-refractivity contribution in [3.63, 3.8) is 0 Å². The monoisotopic (exact) mass is 404 g/mol.